The highest BCUT2D eigenvalue weighted by Crippen LogP contribution is 2.15. The van der Waals surface area contributed by atoms with Crippen LogP contribution in [0.3, 0.4) is 0 Å². The first-order valence-corrected chi connectivity index (χ1v) is 8.66. The van der Waals surface area contributed by atoms with Crippen LogP contribution in [0, 0.1) is 0 Å². The van der Waals surface area contributed by atoms with E-state index in [2.05, 4.69) is 13.2 Å². The number of carbonyl (C=O) groups excluding carboxylic acids is 2. The SMILES string of the molecule is C=CCOC(=O)c1ccc(OCCOc2ccc(C(=O)OCC=C)cc2)cc1. The van der Waals surface area contributed by atoms with Gasteiger partial charge < -0.3 is 18.9 Å². The Morgan fingerprint density at radius 1 is 0.679 bits per heavy atom. The van der Waals surface area contributed by atoms with Crippen LogP contribution in [-0.2, 0) is 9.47 Å². The maximum absolute atomic E-state index is 11.7. The molecule has 6 nitrogen and oxygen atoms in total. The van der Waals surface area contributed by atoms with Gasteiger partial charge in [-0.15, -0.1) is 0 Å². The van der Waals surface area contributed by atoms with E-state index in [0.29, 0.717) is 35.8 Å². The molecule has 0 aliphatic rings. The summed E-state index contributed by atoms with van der Waals surface area (Å²) in [7, 11) is 0. The number of esters is 2. The summed E-state index contributed by atoms with van der Waals surface area (Å²) in [5.41, 5.74) is 0.884. The Labute approximate surface area is 164 Å². The monoisotopic (exact) mass is 382 g/mol. The third-order valence-electron chi connectivity index (χ3n) is 3.47. The fourth-order valence-corrected chi connectivity index (χ4v) is 2.13. The van der Waals surface area contributed by atoms with Crippen LogP contribution >= 0.6 is 0 Å². The van der Waals surface area contributed by atoms with Gasteiger partial charge >= 0.3 is 11.9 Å². The minimum Gasteiger partial charge on any atom is -0.490 e. The van der Waals surface area contributed by atoms with Gasteiger partial charge in [0.2, 0.25) is 0 Å². The molecule has 146 valence electrons. The van der Waals surface area contributed by atoms with Gasteiger partial charge in [0, 0.05) is 0 Å². The van der Waals surface area contributed by atoms with Crippen LogP contribution < -0.4 is 9.47 Å². The number of ether oxygens (including phenoxy) is 4. The molecule has 0 aromatic heterocycles. The second kappa shape index (κ2) is 11.2. The first-order chi connectivity index (χ1) is 13.6. The molecule has 2 rings (SSSR count). The van der Waals surface area contributed by atoms with Crippen LogP contribution in [0.1, 0.15) is 20.7 Å². The standard InChI is InChI=1S/C22H22O6/c1-3-13-27-21(23)17-5-9-19(10-6-17)25-15-16-26-20-11-7-18(8-12-20)22(24)28-14-4-2/h3-12H,1-2,13-16H2. The van der Waals surface area contributed by atoms with E-state index in [1.807, 2.05) is 0 Å². The normalized spacial score (nSPS) is 9.86. The van der Waals surface area contributed by atoms with Crippen molar-refractivity contribution in [2.45, 2.75) is 0 Å². The lowest BCUT2D eigenvalue weighted by molar-refractivity contribution is 0.0540. The average molecular weight is 382 g/mol. The molecule has 0 amide bonds. The molecule has 0 heterocycles. The largest absolute Gasteiger partial charge is 0.490 e. The van der Waals surface area contributed by atoms with Gasteiger partial charge in [0.25, 0.3) is 0 Å². The highest BCUT2D eigenvalue weighted by Gasteiger charge is 2.07. The number of hydrogen-bond acceptors (Lipinski definition) is 6. The number of rotatable bonds is 11. The zero-order valence-corrected chi connectivity index (χ0v) is 15.5. The lowest BCUT2D eigenvalue weighted by Crippen LogP contribution is -2.10. The van der Waals surface area contributed by atoms with Gasteiger partial charge in [-0.3, -0.25) is 0 Å². The highest BCUT2D eigenvalue weighted by atomic mass is 16.5. The summed E-state index contributed by atoms with van der Waals surface area (Å²) in [4.78, 5) is 23.4. The lowest BCUT2D eigenvalue weighted by atomic mass is 10.2. The molecule has 2 aromatic carbocycles. The van der Waals surface area contributed by atoms with Crippen molar-refractivity contribution in [2.24, 2.45) is 0 Å². The molecule has 0 atom stereocenters. The summed E-state index contributed by atoms with van der Waals surface area (Å²) in [6, 6.07) is 13.3. The maximum Gasteiger partial charge on any atom is 0.338 e. The van der Waals surface area contributed by atoms with Crippen molar-refractivity contribution in [2.75, 3.05) is 26.4 Å². The number of hydrogen-bond donors (Lipinski definition) is 0. The van der Waals surface area contributed by atoms with Crippen molar-refractivity contribution in [3.8, 4) is 11.5 Å². The Morgan fingerprint density at radius 2 is 1.04 bits per heavy atom. The predicted molar refractivity (Wildman–Crippen MR) is 105 cm³/mol. The van der Waals surface area contributed by atoms with E-state index in [-0.39, 0.29) is 13.2 Å². The van der Waals surface area contributed by atoms with E-state index in [4.69, 9.17) is 18.9 Å². The molecule has 0 aliphatic carbocycles. The van der Waals surface area contributed by atoms with Gasteiger partial charge in [-0.2, -0.15) is 0 Å². The third-order valence-corrected chi connectivity index (χ3v) is 3.47. The van der Waals surface area contributed by atoms with Crippen LogP contribution in [-0.4, -0.2) is 38.4 Å². The zero-order chi connectivity index (χ0) is 20.2. The molecule has 2 aromatic rings. The van der Waals surface area contributed by atoms with E-state index in [9.17, 15) is 9.59 Å². The predicted octanol–water partition coefficient (Wildman–Crippen LogP) is 3.83. The second-order valence-electron chi connectivity index (χ2n) is 5.52. The molecular weight excluding hydrogens is 360 g/mol. The molecular formula is C22H22O6. The van der Waals surface area contributed by atoms with Crippen molar-refractivity contribution >= 4 is 11.9 Å². The van der Waals surface area contributed by atoms with Crippen molar-refractivity contribution in [3.63, 3.8) is 0 Å². The molecule has 0 saturated carbocycles. The average Bonchev–Trinajstić information content (AvgIpc) is 2.74. The van der Waals surface area contributed by atoms with Crippen LogP contribution in [0.15, 0.2) is 73.8 Å². The summed E-state index contributed by atoms with van der Waals surface area (Å²) in [6.07, 6.45) is 3.02. The summed E-state index contributed by atoms with van der Waals surface area (Å²) in [5.74, 6) is 0.409. The smallest absolute Gasteiger partial charge is 0.338 e. The van der Waals surface area contributed by atoms with Gasteiger partial charge in [-0.25, -0.2) is 9.59 Å². The fraction of sp³-hybridized carbons (Fsp3) is 0.182. The molecule has 0 unspecified atom stereocenters. The van der Waals surface area contributed by atoms with Gasteiger partial charge in [0.15, 0.2) is 0 Å². The molecule has 0 bridgehead atoms. The number of carbonyl (C=O) groups is 2. The van der Waals surface area contributed by atoms with E-state index in [0.717, 1.165) is 0 Å². The molecule has 0 spiro atoms. The molecule has 28 heavy (non-hydrogen) atoms. The minimum atomic E-state index is -0.411. The topological polar surface area (TPSA) is 71.1 Å². The first kappa shape index (κ1) is 20.8. The second-order valence-corrected chi connectivity index (χ2v) is 5.52. The van der Waals surface area contributed by atoms with Crippen molar-refractivity contribution < 1.29 is 28.5 Å². The van der Waals surface area contributed by atoms with E-state index in [1.165, 1.54) is 12.2 Å². The quantitative estimate of drug-likeness (QED) is 0.334. The van der Waals surface area contributed by atoms with Gasteiger partial charge in [0.1, 0.15) is 37.9 Å². The molecule has 0 radical (unpaired) electrons. The van der Waals surface area contributed by atoms with E-state index >= 15 is 0 Å². The zero-order valence-electron chi connectivity index (χ0n) is 15.5. The van der Waals surface area contributed by atoms with Gasteiger partial charge in [-0.1, -0.05) is 25.3 Å². The Morgan fingerprint density at radius 3 is 1.36 bits per heavy atom. The molecule has 0 fully saturated rings. The highest BCUT2D eigenvalue weighted by molar-refractivity contribution is 5.90. The molecule has 0 aliphatic heterocycles. The molecule has 0 N–H and O–H groups in total. The lowest BCUT2D eigenvalue weighted by Gasteiger charge is -2.09. The Kier molecular flexibility index (Phi) is 8.33. The van der Waals surface area contributed by atoms with Gasteiger partial charge in [-0.05, 0) is 48.5 Å². The molecule has 6 heteroatoms. The van der Waals surface area contributed by atoms with Crippen LogP contribution in [0.5, 0.6) is 11.5 Å². The maximum atomic E-state index is 11.7. The van der Waals surface area contributed by atoms with Crippen LogP contribution in [0.4, 0.5) is 0 Å². The van der Waals surface area contributed by atoms with Crippen molar-refractivity contribution in [3.05, 3.63) is 85.0 Å². The van der Waals surface area contributed by atoms with E-state index in [1.54, 1.807) is 48.5 Å². The Hall–Kier alpha value is -3.54. The Bertz CT molecular complexity index is 723. The molecule has 0 saturated heterocycles. The van der Waals surface area contributed by atoms with Gasteiger partial charge in [0.05, 0.1) is 11.1 Å². The Balaban J connectivity index is 1.73. The van der Waals surface area contributed by atoms with Crippen LogP contribution in [0.25, 0.3) is 0 Å². The van der Waals surface area contributed by atoms with E-state index < -0.39 is 11.9 Å². The van der Waals surface area contributed by atoms with Crippen molar-refractivity contribution in [1.82, 2.24) is 0 Å². The fourth-order valence-electron chi connectivity index (χ4n) is 2.13. The summed E-state index contributed by atoms with van der Waals surface area (Å²) >= 11 is 0. The summed E-state index contributed by atoms with van der Waals surface area (Å²) in [5, 5.41) is 0. The third kappa shape index (κ3) is 6.64. The first-order valence-electron chi connectivity index (χ1n) is 8.66. The van der Waals surface area contributed by atoms with Crippen LogP contribution in [0.2, 0.25) is 0 Å². The number of benzene rings is 2. The van der Waals surface area contributed by atoms with Crippen molar-refractivity contribution in [1.29, 1.82) is 0 Å². The minimum absolute atomic E-state index is 0.172. The summed E-state index contributed by atoms with van der Waals surface area (Å²) < 4.78 is 21.1. The summed E-state index contributed by atoms with van der Waals surface area (Å²) in [6.45, 7) is 7.98.